The Balaban J connectivity index is 1.66. The van der Waals surface area contributed by atoms with Crippen molar-refractivity contribution in [1.29, 1.82) is 0 Å². The molecule has 0 unspecified atom stereocenters. The highest BCUT2D eigenvalue weighted by Gasteiger charge is 2.33. The van der Waals surface area contributed by atoms with E-state index in [1.54, 1.807) is 11.0 Å². The van der Waals surface area contributed by atoms with Crippen LogP contribution in [-0.2, 0) is 4.79 Å². The van der Waals surface area contributed by atoms with E-state index in [4.69, 9.17) is 4.42 Å². The van der Waals surface area contributed by atoms with Gasteiger partial charge in [-0.25, -0.2) is 0 Å². The van der Waals surface area contributed by atoms with Crippen LogP contribution in [0.4, 0.5) is 0 Å². The van der Waals surface area contributed by atoms with Crippen LogP contribution in [0.25, 0.3) is 0 Å². The SMILES string of the molecule is O=C(NC1CCCCC1)[C@@H]1CCCCN1C(=O)c1ccoc1. The molecule has 22 heavy (non-hydrogen) atoms. The number of amides is 2. The molecule has 120 valence electrons. The Morgan fingerprint density at radius 1 is 1.09 bits per heavy atom. The number of furan rings is 1. The zero-order valence-corrected chi connectivity index (χ0v) is 12.9. The van der Waals surface area contributed by atoms with E-state index in [1.165, 1.54) is 31.8 Å². The predicted molar refractivity (Wildman–Crippen MR) is 82.4 cm³/mol. The third-order valence-electron chi connectivity index (χ3n) is 4.79. The minimum Gasteiger partial charge on any atom is -0.472 e. The molecular weight excluding hydrogens is 280 g/mol. The average Bonchev–Trinajstić information content (AvgIpc) is 3.09. The molecule has 3 rings (SSSR count). The van der Waals surface area contributed by atoms with Gasteiger partial charge >= 0.3 is 0 Å². The van der Waals surface area contributed by atoms with Gasteiger partial charge in [0.25, 0.3) is 5.91 Å². The molecule has 2 aliphatic rings. The minimum absolute atomic E-state index is 0.0171. The Kier molecular flexibility index (Phi) is 4.80. The zero-order chi connectivity index (χ0) is 15.4. The topological polar surface area (TPSA) is 62.6 Å². The van der Waals surface area contributed by atoms with Crippen LogP contribution >= 0.6 is 0 Å². The summed E-state index contributed by atoms with van der Waals surface area (Å²) in [7, 11) is 0. The van der Waals surface area contributed by atoms with Crippen molar-refractivity contribution in [3.05, 3.63) is 24.2 Å². The molecule has 2 amide bonds. The van der Waals surface area contributed by atoms with Crippen molar-refractivity contribution in [3.63, 3.8) is 0 Å². The van der Waals surface area contributed by atoms with E-state index in [0.717, 1.165) is 32.1 Å². The maximum atomic E-state index is 12.6. The van der Waals surface area contributed by atoms with Crippen molar-refractivity contribution >= 4 is 11.8 Å². The molecule has 1 aliphatic heterocycles. The number of likely N-dealkylation sites (tertiary alicyclic amines) is 1. The average molecular weight is 304 g/mol. The van der Waals surface area contributed by atoms with Crippen molar-refractivity contribution < 1.29 is 14.0 Å². The van der Waals surface area contributed by atoms with Crippen LogP contribution in [0.1, 0.15) is 61.7 Å². The van der Waals surface area contributed by atoms with Crippen LogP contribution < -0.4 is 5.32 Å². The van der Waals surface area contributed by atoms with Crippen LogP contribution in [0.15, 0.2) is 23.0 Å². The van der Waals surface area contributed by atoms with E-state index in [0.29, 0.717) is 12.1 Å². The van der Waals surface area contributed by atoms with Crippen LogP contribution in [0.3, 0.4) is 0 Å². The monoisotopic (exact) mass is 304 g/mol. The first kappa shape index (κ1) is 15.1. The van der Waals surface area contributed by atoms with E-state index in [-0.39, 0.29) is 23.9 Å². The Hall–Kier alpha value is -1.78. The molecule has 1 atom stereocenters. The Bertz CT molecular complexity index is 506. The molecule has 0 bridgehead atoms. The molecule has 1 aliphatic carbocycles. The molecule has 0 spiro atoms. The summed E-state index contributed by atoms with van der Waals surface area (Å²) >= 11 is 0. The summed E-state index contributed by atoms with van der Waals surface area (Å²) in [5.74, 6) is -0.0827. The van der Waals surface area contributed by atoms with Crippen LogP contribution in [-0.4, -0.2) is 35.3 Å². The van der Waals surface area contributed by atoms with Crippen molar-refractivity contribution in [2.24, 2.45) is 0 Å². The number of carbonyl (C=O) groups is 2. The third kappa shape index (κ3) is 3.34. The number of nitrogens with zero attached hydrogens (tertiary/aromatic N) is 1. The lowest BCUT2D eigenvalue weighted by Crippen LogP contribution is -2.53. The highest BCUT2D eigenvalue weighted by atomic mass is 16.3. The molecular formula is C17H24N2O3. The lowest BCUT2D eigenvalue weighted by molar-refractivity contribution is -0.127. The highest BCUT2D eigenvalue weighted by molar-refractivity contribution is 5.97. The first-order chi connectivity index (χ1) is 10.8. The summed E-state index contributed by atoms with van der Waals surface area (Å²) in [4.78, 5) is 26.9. The second-order valence-corrected chi connectivity index (χ2v) is 6.37. The van der Waals surface area contributed by atoms with Gasteiger partial charge in [-0.15, -0.1) is 0 Å². The van der Waals surface area contributed by atoms with Crippen molar-refractivity contribution in [2.75, 3.05) is 6.54 Å². The van der Waals surface area contributed by atoms with Gasteiger partial charge in [0.2, 0.25) is 5.91 Å². The molecule has 0 radical (unpaired) electrons. The second-order valence-electron chi connectivity index (χ2n) is 6.37. The normalized spacial score (nSPS) is 23.3. The summed E-state index contributed by atoms with van der Waals surface area (Å²) in [5.41, 5.74) is 0.525. The Morgan fingerprint density at radius 2 is 1.86 bits per heavy atom. The Labute approximate surface area is 131 Å². The molecule has 1 aromatic rings. The smallest absolute Gasteiger partial charge is 0.257 e. The first-order valence-corrected chi connectivity index (χ1v) is 8.39. The maximum absolute atomic E-state index is 12.6. The molecule has 1 N–H and O–H groups in total. The van der Waals surface area contributed by atoms with Crippen molar-refractivity contribution in [2.45, 2.75) is 63.5 Å². The van der Waals surface area contributed by atoms with E-state index >= 15 is 0 Å². The first-order valence-electron chi connectivity index (χ1n) is 8.39. The molecule has 1 aromatic heterocycles. The van der Waals surface area contributed by atoms with Gasteiger partial charge in [-0.2, -0.15) is 0 Å². The fraction of sp³-hybridized carbons (Fsp3) is 0.647. The van der Waals surface area contributed by atoms with Crippen molar-refractivity contribution in [1.82, 2.24) is 10.2 Å². The standard InChI is InChI=1S/C17H24N2O3/c20-16(18-14-6-2-1-3-7-14)15-8-4-5-10-19(15)17(21)13-9-11-22-12-13/h9,11-12,14-15H,1-8,10H2,(H,18,20)/t15-/m0/s1. The van der Waals surface area contributed by atoms with Crippen LogP contribution in [0, 0.1) is 0 Å². The van der Waals surface area contributed by atoms with Gasteiger partial charge in [0.05, 0.1) is 11.8 Å². The summed E-state index contributed by atoms with van der Waals surface area (Å²) < 4.78 is 5.00. The lowest BCUT2D eigenvalue weighted by atomic mass is 9.94. The fourth-order valence-electron chi connectivity index (χ4n) is 3.54. The molecule has 2 heterocycles. The minimum atomic E-state index is -0.335. The molecule has 1 saturated heterocycles. The molecule has 5 nitrogen and oxygen atoms in total. The van der Waals surface area contributed by atoms with Crippen LogP contribution in [0.2, 0.25) is 0 Å². The molecule has 1 saturated carbocycles. The van der Waals surface area contributed by atoms with Crippen molar-refractivity contribution in [3.8, 4) is 0 Å². The number of hydrogen-bond acceptors (Lipinski definition) is 3. The van der Waals surface area contributed by atoms with Gasteiger partial charge in [-0.1, -0.05) is 19.3 Å². The van der Waals surface area contributed by atoms with Gasteiger partial charge in [0, 0.05) is 12.6 Å². The van der Waals surface area contributed by atoms with Gasteiger partial charge in [-0.3, -0.25) is 9.59 Å². The quantitative estimate of drug-likeness (QED) is 0.934. The summed E-state index contributed by atoms with van der Waals surface area (Å²) in [6.45, 7) is 0.646. The van der Waals surface area contributed by atoms with Crippen LogP contribution in [0.5, 0.6) is 0 Å². The molecule has 0 aromatic carbocycles. The number of piperidine rings is 1. The predicted octanol–water partition coefficient (Wildman–Crippen LogP) is 2.72. The third-order valence-corrected chi connectivity index (χ3v) is 4.79. The number of rotatable bonds is 3. The Morgan fingerprint density at radius 3 is 2.59 bits per heavy atom. The van der Waals surface area contributed by atoms with Gasteiger partial charge in [0.15, 0.2) is 0 Å². The number of carbonyl (C=O) groups excluding carboxylic acids is 2. The highest BCUT2D eigenvalue weighted by Crippen LogP contribution is 2.22. The molecule has 2 fully saturated rings. The summed E-state index contributed by atoms with van der Waals surface area (Å²) in [6.07, 6.45) is 11.4. The summed E-state index contributed by atoms with van der Waals surface area (Å²) in [6, 6.07) is 1.61. The lowest BCUT2D eigenvalue weighted by Gasteiger charge is -2.36. The maximum Gasteiger partial charge on any atom is 0.257 e. The van der Waals surface area contributed by atoms with E-state index in [9.17, 15) is 9.59 Å². The van der Waals surface area contributed by atoms with Gasteiger partial charge < -0.3 is 14.6 Å². The van der Waals surface area contributed by atoms with Gasteiger partial charge in [0.1, 0.15) is 12.3 Å². The van der Waals surface area contributed by atoms with E-state index in [1.807, 2.05) is 0 Å². The fourth-order valence-corrected chi connectivity index (χ4v) is 3.54. The number of nitrogens with one attached hydrogen (secondary N) is 1. The largest absolute Gasteiger partial charge is 0.472 e. The summed E-state index contributed by atoms with van der Waals surface area (Å²) in [5, 5.41) is 3.16. The van der Waals surface area contributed by atoms with E-state index < -0.39 is 0 Å². The molecule has 5 heteroatoms. The number of hydrogen-bond donors (Lipinski definition) is 1. The van der Waals surface area contributed by atoms with E-state index in [2.05, 4.69) is 5.32 Å². The zero-order valence-electron chi connectivity index (χ0n) is 12.9. The second kappa shape index (κ2) is 6.99. The van der Waals surface area contributed by atoms with Gasteiger partial charge in [-0.05, 0) is 38.2 Å².